The van der Waals surface area contributed by atoms with Crippen molar-refractivity contribution >= 4 is 18.0 Å². The van der Waals surface area contributed by atoms with Gasteiger partial charge in [-0.1, -0.05) is 36.4 Å². The number of hydrogen-bond donors (Lipinski definition) is 2. The van der Waals surface area contributed by atoms with Crippen LogP contribution in [-0.4, -0.2) is 24.1 Å². The van der Waals surface area contributed by atoms with E-state index in [-0.39, 0.29) is 6.61 Å². The summed E-state index contributed by atoms with van der Waals surface area (Å²) in [4.78, 5) is 24.0. The Kier molecular flexibility index (Phi) is 7.57. The average Bonchev–Trinajstić information content (AvgIpc) is 2.82. The fourth-order valence-corrected chi connectivity index (χ4v) is 3.03. The number of aliphatic carboxylic acids is 1. The minimum atomic E-state index is -4.76. The standard InChI is InChI=1S/C25H20F3NO5/c1-33-19-6-4-5-17(13-19)15-34-18-11-9-16(10-12-18)14-22(24(31)32)29-23(30)20-7-2-3-8-21(20)25(26,27)28/h2-14H,15H2,1H3,(H,29,30)(H,31,32)/b22-14-. The molecular weight excluding hydrogens is 451 g/mol. The Labute approximate surface area is 193 Å². The number of halogens is 3. The number of carbonyl (C=O) groups excluding carboxylic acids is 1. The minimum absolute atomic E-state index is 0.279. The highest BCUT2D eigenvalue weighted by Crippen LogP contribution is 2.32. The summed E-state index contributed by atoms with van der Waals surface area (Å²) < 4.78 is 50.4. The van der Waals surface area contributed by atoms with Gasteiger partial charge in [-0.05, 0) is 53.6 Å². The third-order valence-corrected chi connectivity index (χ3v) is 4.69. The van der Waals surface area contributed by atoms with Gasteiger partial charge in [-0.2, -0.15) is 13.2 Å². The van der Waals surface area contributed by atoms with Gasteiger partial charge in [-0.25, -0.2) is 4.79 Å². The van der Waals surface area contributed by atoms with E-state index in [0.29, 0.717) is 17.1 Å². The number of ether oxygens (including phenoxy) is 2. The highest BCUT2D eigenvalue weighted by atomic mass is 19.4. The quantitative estimate of drug-likeness (QED) is 0.444. The van der Waals surface area contributed by atoms with Crippen molar-refractivity contribution in [3.05, 3.63) is 101 Å². The van der Waals surface area contributed by atoms with E-state index in [9.17, 15) is 27.9 Å². The number of amides is 1. The number of carboxylic acids is 1. The third kappa shape index (κ3) is 6.38. The van der Waals surface area contributed by atoms with Crippen LogP contribution in [0.25, 0.3) is 6.08 Å². The number of benzene rings is 3. The maximum Gasteiger partial charge on any atom is 0.417 e. The van der Waals surface area contributed by atoms with E-state index in [1.165, 1.54) is 6.07 Å². The number of nitrogens with one attached hydrogen (secondary N) is 1. The lowest BCUT2D eigenvalue weighted by Gasteiger charge is -2.13. The van der Waals surface area contributed by atoms with Crippen LogP contribution in [0.1, 0.15) is 27.0 Å². The Balaban J connectivity index is 1.72. The van der Waals surface area contributed by atoms with Crippen LogP contribution in [0, 0.1) is 0 Å². The van der Waals surface area contributed by atoms with Gasteiger partial charge in [0.05, 0.1) is 18.2 Å². The van der Waals surface area contributed by atoms with Gasteiger partial charge in [0.15, 0.2) is 0 Å². The summed E-state index contributed by atoms with van der Waals surface area (Å²) in [6.45, 7) is 0.279. The van der Waals surface area contributed by atoms with Crippen LogP contribution in [0.4, 0.5) is 13.2 Å². The third-order valence-electron chi connectivity index (χ3n) is 4.69. The second kappa shape index (κ2) is 10.6. The van der Waals surface area contributed by atoms with Crippen molar-refractivity contribution in [2.24, 2.45) is 0 Å². The van der Waals surface area contributed by atoms with E-state index in [2.05, 4.69) is 0 Å². The van der Waals surface area contributed by atoms with Crippen LogP contribution >= 0.6 is 0 Å². The molecule has 34 heavy (non-hydrogen) atoms. The number of carboxylic acid groups (broad SMARTS) is 1. The second-order valence-corrected chi connectivity index (χ2v) is 7.07. The van der Waals surface area contributed by atoms with Crippen molar-refractivity contribution < 1.29 is 37.3 Å². The second-order valence-electron chi connectivity index (χ2n) is 7.07. The maximum absolute atomic E-state index is 13.2. The lowest BCUT2D eigenvalue weighted by molar-refractivity contribution is -0.138. The zero-order chi connectivity index (χ0) is 24.7. The number of carbonyl (C=O) groups is 2. The molecule has 3 aromatic rings. The summed E-state index contributed by atoms with van der Waals surface area (Å²) in [6, 6.07) is 17.8. The molecule has 0 saturated carbocycles. The molecule has 0 atom stereocenters. The molecule has 2 N–H and O–H groups in total. The highest BCUT2D eigenvalue weighted by molar-refractivity contribution is 6.03. The Hall–Kier alpha value is -4.27. The van der Waals surface area contributed by atoms with Gasteiger partial charge in [-0.3, -0.25) is 4.79 Å². The summed E-state index contributed by atoms with van der Waals surface area (Å²) in [6.07, 6.45) is -3.62. The lowest BCUT2D eigenvalue weighted by Crippen LogP contribution is -2.29. The fourth-order valence-electron chi connectivity index (χ4n) is 3.03. The first-order valence-electron chi connectivity index (χ1n) is 9.95. The van der Waals surface area contributed by atoms with Crippen molar-refractivity contribution in [1.29, 1.82) is 0 Å². The summed E-state index contributed by atoms with van der Waals surface area (Å²) in [5.41, 5.74) is -1.13. The molecule has 0 saturated heterocycles. The molecule has 0 aliphatic heterocycles. The molecule has 1 amide bonds. The predicted molar refractivity (Wildman–Crippen MR) is 118 cm³/mol. The summed E-state index contributed by atoms with van der Waals surface area (Å²) in [5.74, 6) is -1.47. The molecule has 0 aliphatic carbocycles. The molecule has 0 aromatic heterocycles. The van der Waals surface area contributed by atoms with Crippen LogP contribution < -0.4 is 14.8 Å². The van der Waals surface area contributed by atoms with Crippen LogP contribution in [0.2, 0.25) is 0 Å². The van der Waals surface area contributed by atoms with Gasteiger partial charge in [-0.15, -0.1) is 0 Å². The summed E-state index contributed by atoms with van der Waals surface area (Å²) in [5, 5.41) is 11.5. The van der Waals surface area contributed by atoms with E-state index in [1.54, 1.807) is 31.4 Å². The SMILES string of the molecule is COc1cccc(COc2ccc(/C=C(\NC(=O)c3ccccc3C(F)(F)F)C(=O)O)cc2)c1. The number of hydrogen-bond acceptors (Lipinski definition) is 4. The topological polar surface area (TPSA) is 84.9 Å². The van der Waals surface area contributed by atoms with Crippen LogP contribution in [-0.2, 0) is 17.6 Å². The van der Waals surface area contributed by atoms with Gasteiger partial charge < -0.3 is 19.9 Å². The number of methoxy groups -OCH3 is 1. The molecule has 176 valence electrons. The summed E-state index contributed by atoms with van der Waals surface area (Å²) >= 11 is 0. The number of rotatable bonds is 8. The Morgan fingerprint density at radius 3 is 2.32 bits per heavy atom. The molecular formula is C25H20F3NO5. The molecule has 0 bridgehead atoms. The smallest absolute Gasteiger partial charge is 0.417 e. The lowest BCUT2D eigenvalue weighted by atomic mass is 10.1. The van der Waals surface area contributed by atoms with E-state index in [1.807, 2.05) is 29.6 Å². The van der Waals surface area contributed by atoms with Crippen molar-refractivity contribution in [3.8, 4) is 11.5 Å². The van der Waals surface area contributed by atoms with E-state index >= 15 is 0 Å². The molecule has 0 spiro atoms. The van der Waals surface area contributed by atoms with Gasteiger partial charge >= 0.3 is 12.1 Å². The van der Waals surface area contributed by atoms with E-state index < -0.39 is 34.9 Å². The summed E-state index contributed by atoms with van der Waals surface area (Å²) in [7, 11) is 1.56. The van der Waals surface area contributed by atoms with Gasteiger partial charge in [0.2, 0.25) is 0 Å². The number of alkyl halides is 3. The molecule has 0 unspecified atom stereocenters. The maximum atomic E-state index is 13.2. The molecule has 0 heterocycles. The molecule has 3 aromatic carbocycles. The zero-order valence-electron chi connectivity index (χ0n) is 17.9. The normalized spacial score (nSPS) is 11.6. The molecule has 9 heteroatoms. The molecule has 6 nitrogen and oxygen atoms in total. The van der Waals surface area contributed by atoms with Crippen LogP contribution in [0.5, 0.6) is 11.5 Å². The Morgan fingerprint density at radius 1 is 0.971 bits per heavy atom. The first-order valence-corrected chi connectivity index (χ1v) is 9.95. The first kappa shape index (κ1) is 24.4. The first-order chi connectivity index (χ1) is 16.2. The largest absolute Gasteiger partial charge is 0.497 e. The fraction of sp³-hybridized carbons (Fsp3) is 0.120. The zero-order valence-corrected chi connectivity index (χ0v) is 17.9. The molecule has 0 radical (unpaired) electrons. The Morgan fingerprint density at radius 2 is 1.68 bits per heavy atom. The molecule has 0 fully saturated rings. The van der Waals surface area contributed by atoms with Crippen molar-refractivity contribution in [2.75, 3.05) is 7.11 Å². The van der Waals surface area contributed by atoms with E-state index in [0.717, 1.165) is 29.8 Å². The van der Waals surface area contributed by atoms with Crippen molar-refractivity contribution in [3.63, 3.8) is 0 Å². The van der Waals surface area contributed by atoms with Crippen LogP contribution in [0.15, 0.2) is 78.5 Å². The molecule has 0 aliphatic rings. The van der Waals surface area contributed by atoms with Gasteiger partial charge in [0.1, 0.15) is 23.8 Å². The Bertz CT molecular complexity index is 1200. The van der Waals surface area contributed by atoms with Gasteiger partial charge in [0.25, 0.3) is 5.91 Å². The highest BCUT2D eigenvalue weighted by Gasteiger charge is 2.35. The van der Waals surface area contributed by atoms with Crippen molar-refractivity contribution in [2.45, 2.75) is 12.8 Å². The molecule has 3 rings (SSSR count). The minimum Gasteiger partial charge on any atom is -0.497 e. The van der Waals surface area contributed by atoms with Gasteiger partial charge in [0, 0.05) is 0 Å². The predicted octanol–water partition coefficient (Wildman–Crippen LogP) is 5.15. The monoisotopic (exact) mass is 471 g/mol. The van der Waals surface area contributed by atoms with E-state index in [4.69, 9.17) is 9.47 Å². The average molecular weight is 471 g/mol. The van der Waals surface area contributed by atoms with Crippen LogP contribution in [0.3, 0.4) is 0 Å². The van der Waals surface area contributed by atoms with Crippen molar-refractivity contribution in [1.82, 2.24) is 5.32 Å².